The molecule has 94 valence electrons. The van der Waals surface area contributed by atoms with Gasteiger partial charge >= 0.3 is 5.97 Å². The number of thiazole rings is 1. The summed E-state index contributed by atoms with van der Waals surface area (Å²) in [7, 11) is 0. The molecule has 0 amide bonds. The third-order valence-electron chi connectivity index (χ3n) is 2.09. The smallest absolute Gasteiger partial charge is 0.335 e. The molecule has 1 heterocycles. The zero-order valence-corrected chi connectivity index (χ0v) is 12.9. The van der Waals surface area contributed by atoms with Gasteiger partial charge in [-0.3, -0.25) is 4.98 Å². The number of carboxylic acids is 1. The first kappa shape index (κ1) is 13.5. The lowest BCUT2D eigenvalue weighted by Crippen LogP contribution is -1.99. The SMILES string of the molecule is O=C(O)c1cc(Br)c(OCc2cncs2)c(Br)c1. The van der Waals surface area contributed by atoms with Crippen LogP contribution in [0.4, 0.5) is 0 Å². The molecule has 2 aromatic rings. The molecular weight excluding hydrogens is 386 g/mol. The molecule has 0 saturated heterocycles. The van der Waals surface area contributed by atoms with Gasteiger partial charge in [-0.15, -0.1) is 11.3 Å². The molecule has 1 aromatic heterocycles. The maximum Gasteiger partial charge on any atom is 0.335 e. The quantitative estimate of drug-likeness (QED) is 0.855. The van der Waals surface area contributed by atoms with Crippen molar-refractivity contribution in [2.45, 2.75) is 6.61 Å². The average molecular weight is 393 g/mol. The van der Waals surface area contributed by atoms with Crippen LogP contribution < -0.4 is 4.74 Å². The molecule has 0 bridgehead atoms. The third-order valence-corrected chi connectivity index (χ3v) is 4.02. The second-order valence-corrected chi connectivity index (χ2v) is 6.01. The number of rotatable bonds is 4. The lowest BCUT2D eigenvalue weighted by Gasteiger charge is -2.10. The van der Waals surface area contributed by atoms with Gasteiger partial charge in [-0.05, 0) is 44.0 Å². The molecule has 1 aromatic carbocycles. The van der Waals surface area contributed by atoms with E-state index in [0.29, 0.717) is 21.3 Å². The molecule has 2 rings (SSSR count). The Morgan fingerprint density at radius 2 is 2.06 bits per heavy atom. The fourth-order valence-electron chi connectivity index (χ4n) is 1.28. The lowest BCUT2D eigenvalue weighted by molar-refractivity contribution is 0.0696. The Bertz CT molecular complexity index is 549. The zero-order valence-electron chi connectivity index (χ0n) is 8.89. The van der Waals surface area contributed by atoms with Gasteiger partial charge in [-0.2, -0.15) is 0 Å². The molecule has 4 nitrogen and oxygen atoms in total. The van der Waals surface area contributed by atoms with Crippen LogP contribution >= 0.6 is 43.2 Å². The predicted molar refractivity (Wildman–Crippen MR) is 75.2 cm³/mol. The number of carbonyl (C=O) groups is 1. The van der Waals surface area contributed by atoms with Gasteiger partial charge < -0.3 is 9.84 Å². The molecule has 0 fully saturated rings. The summed E-state index contributed by atoms with van der Waals surface area (Å²) in [5, 5.41) is 8.92. The summed E-state index contributed by atoms with van der Waals surface area (Å²) in [6.07, 6.45) is 1.73. The molecule has 0 atom stereocenters. The highest BCUT2D eigenvalue weighted by molar-refractivity contribution is 9.11. The number of ether oxygens (including phenoxy) is 1. The highest BCUT2D eigenvalue weighted by Crippen LogP contribution is 2.35. The van der Waals surface area contributed by atoms with E-state index in [-0.39, 0.29) is 5.56 Å². The van der Waals surface area contributed by atoms with Crippen molar-refractivity contribution in [2.24, 2.45) is 0 Å². The summed E-state index contributed by atoms with van der Waals surface area (Å²) in [6.45, 7) is 0.397. The minimum atomic E-state index is -0.981. The highest BCUT2D eigenvalue weighted by Gasteiger charge is 2.13. The molecule has 0 radical (unpaired) electrons. The normalized spacial score (nSPS) is 10.3. The van der Waals surface area contributed by atoms with Gasteiger partial charge in [0.05, 0.1) is 24.9 Å². The first-order valence-electron chi connectivity index (χ1n) is 4.80. The van der Waals surface area contributed by atoms with Crippen molar-refractivity contribution in [1.82, 2.24) is 4.98 Å². The minimum Gasteiger partial charge on any atom is -0.486 e. The number of halogens is 2. The first-order chi connectivity index (χ1) is 8.58. The molecule has 0 saturated carbocycles. The third kappa shape index (κ3) is 3.09. The van der Waals surface area contributed by atoms with Crippen LogP contribution in [0.25, 0.3) is 0 Å². The van der Waals surface area contributed by atoms with Gasteiger partial charge in [0, 0.05) is 6.20 Å². The number of aromatic nitrogens is 1. The fraction of sp³-hybridized carbons (Fsp3) is 0.0909. The standard InChI is InChI=1S/C11H7Br2NO3S/c12-8-1-6(11(15)16)2-9(13)10(8)17-4-7-3-14-5-18-7/h1-3,5H,4H2,(H,15,16). The summed E-state index contributed by atoms with van der Waals surface area (Å²) < 4.78 is 6.82. The molecule has 7 heteroatoms. The average Bonchev–Trinajstić information content (AvgIpc) is 2.80. The van der Waals surface area contributed by atoms with Crippen LogP contribution in [0.15, 0.2) is 32.8 Å². The summed E-state index contributed by atoms with van der Waals surface area (Å²) in [5.41, 5.74) is 1.93. The van der Waals surface area contributed by atoms with E-state index in [0.717, 1.165) is 4.88 Å². The Kier molecular flexibility index (Phi) is 4.36. The van der Waals surface area contributed by atoms with Crippen LogP contribution in [-0.2, 0) is 6.61 Å². The van der Waals surface area contributed by atoms with Crippen molar-refractivity contribution in [3.63, 3.8) is 0 Å². The summed E-state index contributed by atoms with van der Waals surface area (Å²) >= 11 is 8.10. The van der Waals surface area contributed by atoms with E-state index >= 15 is 0 Å². The second kappa shape index (κ2) is 5.81. The number of hydrogen-bond acceptors (Lipinski definition) is 4. The fourth-order valence-corrected chi connectivity index (χ4v) is 3.20. The lowest BCUT2D eigenvalue weighted by atomic mass is 10.2. The van der Waals surface area contributed by atoms with Crippen molar-refractivity contribution in [3.05, 3.63) is 43.2 Å². The first-order valence-corrected chi connectivity index (χ1v) is 7.27. The van der Waals surface area contributed by atoms with Crippen LogP contribution in [0.3, 0.4) is 0 Å². The number of aromatic carboxylic acids is 1. The van der Waals surface area contributed by atoms with E-state index in [4.69, 9.17) is 9.84 Å². The second-order valence-electron chi connectivity index (χ2n) is 3.33. The Balaban J connectivity index is 2.20. The Morgan fingerprint density at radius 3 is 2.56 bits per heavy atom. The van der Waals surface area contributed by atoms with Crippen LogP contribution in [0.2, 0.25) is 0 Å². The number of carboxylic acid groups (broad SMARTS) is 1. The van der Waals surface area contributed by atoms with Gasteiger partial charge in [0.15, 0.2) is 0 Å². The summed E-state index contributed by atoms with van der Waals surface area (Å²) in [4.78, 5) is 15.8. The van der Waals surface area contributed by atoms with Crippen molar-refractivity contribution in [1.29, 1.82) is 0 Å². The van der Waals surface area contributed by atoms with Crippen molar-refractivity contribution in [2.75, 3.05) is 0 Å². The largest absolute Gasteiger partial charge is 0.486 e. The van der Waals surface area contributed by atoms with Gasteiger partial charge in [0.25, 0.3) is 0 Å². The maximum atomic E-state index is 10.9. The van der Waals surface area contributed by atoms with E-state index in [1.54, 1.807) is 11.7 Å². The van der Waals surface area contributed by atoms with E-state index in [9.17, 15) is 4.79 Å². The monoisotopic (exact) mass is 391 g/mol. The van der Waals surface area contributed by atoms with Gasteiger partial charge in [-0.1, -0.05) is 0 Å². The predicted octanol–water partition coefficient (Wildman–Crippen LogP) is 3.95. The summed E-state index contributed by atoms with van der Waals surface area (Å²) in [6, 6.07) is 3.02. The van der Waals surface area contributed by atoms with Crippen LogP contribution in [-0.4, -0.2) is 16.1 Å². The van der Waals surface area contributed by atoms with Crippen molar-refractivity contribution in [3.8, 4) is 5.75 Å². The van der Waals surface area contributed by atoms with Gasteiger partial charge in [0.1, 0.15) is 12.4 Å². The van der Waals surface area contributed by atoms with Crippen LogP contribution in [0.1, 0.15) is 15.2 Å². The van der Waals surface area contributed by atoms with Crippen LogP contribution in [0, 0.1) is 0 Å². The molecule has 0 unspecified atom stereocenters. The number of benzene rings is 1. The molecule has 0 spiro atoms. The summed E-state index contributed by atoms with van der Waals surface area (Å²) in [5.74, 6) is -0.404. The Morgan fingerprint density at radius 1 is 1.39 bits per heavy atom. The maximum absolute atomic E-state index is 10.9. The zero-order chi connectivity index (χ0) is 13.1. The van der Waals surface area contributed by atoms with Crippen molar-refractivity contribution < 1.29 is 14.6 Å². The topological polar surface area (TPSA) is 59.4 Å². The van der Waals surface area contributed by atoms with Gasteiger partial charge in [0.2, 0.25) is 0 Å². The number of nitrogens with zero attached hydrogens (tertiary/aromatic N) is 1. The number of hydrogen-bond donors (Lipinski definition) is 1. The molecule has 0 aliphatic carbocycles. The van der Waals surface area contributed by atoms with E-state index in [1.807, 2.05) is 0 Å². The Hall–Kier alpha value is -0.920. The molecular formula is C11H7Br2NO3S. The van der Waals surface area contributed by atoms with E-state index in [2.05, 4.69) is 36.8 Å². The van der Waals surface area contributed by atoms with E-state index in [1.165, 1.54) is 23.5 Å². The molecule has 0 aliphatic rings. The van der Waals surface area contributed by atoms with E-state index < -0.39 is 5.97 Å². The molecule has 18 heavy (non-hydrogen) atoms. The van der Waals surface area contributed by atoms with Gasteiger partial charge in [-0.25, -0.2) is 4.79 Å². The van der Waals surface area contributed by atoms with Crippen molar-refractivity contribution >= 4 is 49.2 Å². The molecule has 0 aliphatic heterocycles. The molecule has 1 N–H and O–H groups in total. The highest BCUT2D eigenvalue weighted by atomic mass is 79.9. The van der Waals surface area contributed by atoms with Crippen LogP contribution in [0.5, 0.6) is 5.75 Å². The Labute approximate surface area is 124 Å². The minimum absolute atomic E-state index is 0.193.